The first-order chi connectivity index (χ1) is 17.7. The van der Waals surface area contributed by atoms with Crippen LogP contribution in [0.15, 0.2) is 59.5 Å². The fourth-order valence-corrected chi connectivity index (χ4v) is 6.61. The van der Waals surface area contributed by atoms with Crippen molar-refractivity contribution in [1.82, 2.24) is 4.31 Å². The second-order valence-electron chi connectivity index (χ2n) is 8.39. The molecule has 0 radical (unpaired) electrons. The molecule has 9 nitrogen and oxygen atoms in total. The summed E-state index contributed by atoms with van der Waals surface area (Å²) in [4.78, 5) is 39.1. The van der Waals surface area contributed by atoms with Crippen molar-refractivity contribution in [2.24, 2.45) is 0 Å². The van der Waals surface area contributed by atoms with Gasteiger partial charge in [-0.3, -0.25) is 9.59 Å². The third-order valence-corrected chi connectivity index (χ3v) is 9.03. The lowest BCUT2D eigenvalue weighted by Gasteiger charge is -2.15. The lowest BCUT2D eigenvalue weighted by atomic mass is 10.1. The van der Waals surface area contributed by atoms with Crippen LogP contribution in [0, 0.1) is 6.92 Å². The molecule has 2 aromatic carbocycles. The molecule has 1 aliphatic rings. The van der Waals surface area contributed by atoms with Crippen LogP contribution in [0.25, 0.3) is 0 Å². The molecule has 0 atom stereocenters. The third-order valence-electron chi connectivity index (χ3n) is 5.91. The lowest BCUT2D eigenvalue weighted by molar-refractivity contribution is 0.0527. The van der Waals surface area contributed by atoms with E-state index in [9.17, 15) is 22.8 Å². The van der Waals surface area contributed by atoms with Gasteiger partial charge in [0, 0.05) is 24.3 Å². The zero-order valence-electron chi connectivity index (χ0n) is 20.4. The molecule has 1 saturated heterocycles. The number of carbonyl (C=O) groups is 3. The molecule has 1 fully saturated rings. The van der Waals surface area contributed by atoms with Gasteiger partial charge in [0.25, 0.3) is 11.8 Å². The number of hydrogen-bond acceptors (Lipinski definition) is 7. The van der Waals surface area contributed by atoms with Crippen molar-refractivity contribution in [3.8, 4) is 0 Å². The van der Waals surface area contributed by atoms with E-state index in [0.717, 1.165) is 24.2 Å². The van der Waals surface area contributed by atoms with Crippen molar-refractivity contribution in [3.63, 3.8) is 0 Å². The van der Waals surface area contributed by atoms with Gasteiger partial charge in [-0.15, -0.1) is 11.3 Å². The Morgan fingerprint density at radius 3 is 2.22 bits per heavy atom. The van der Waals surface area contributed by atoms with Gasteiger partial charge in [0.2, 0.25) is 10.0 Å². The number of thiophene rings is 1. The van der Waals surface area contributed by atoms with Crippen molar-refractivity contribution >= 4 is 49.8 Å². The van der Waals surface area contributed by atoms with Crippen LogP contribution in [-0.2, 0) is 14.8 Å². The molecule has 2 amide bonds. The first-order valence-corrected chi connectivity index (χ1v) is 14.1. The maximum atomic E-state index is 13.0. The summed E-state index contributed by atoms with van der Waals surface area (Å²) < 4.78 is 32.1. The summed E-state index contributed by atoms with van der Waals surface area (Å²) in [5, 5.41) is 5.66. The highest BCUT2D eigenvalue weighted by molar-refractivity contribution is 7.89. The van der Waals surface area contributed by atoms with Crippen molar-refractivity contribution in [1.29, 1.82) is 0 Å². The first kappa shape index (κ1) is 26.5. The molecule has 0 aliphatic carbocycles. The van der Waals surface area contributed by atoms with E-state index in [1.165, 1.54) is 28.6 Å². The van der Waals surface area contributed by atoms with Crippen LogP contribution in [0.1, 0.15) is 55.7 Å². The van der Waals surface area contributed by atoms with Gasteiger partial charge >= 0.3 is 5.97 Å². The Kier molecular flexibility index (Phi) is 8.06. The van der Waals surface area contributed by atoms with Crippen LogP contribution >= 0.6 is 11.3 Å². The number of nitrogens with one attached hydrogen (secondary N) is 2. The number of benzene rings is 2. The van der Waals surface area contributed by atoms with Crippen LogP contribution in [0.2, 0.25) is 0 Å². The Morgan fingerprint density at radius 1 is 0.946 bits per heavy atom. The van der Waals surface area contributed by atoms with Crippen LogP contribution in [0.5, 0.6) is 0 Å². The minimum Gasteiger partial charge on any atom is -0.462 e. The Bertz CT molecular complexity index is 1410. The van der Waals surface area contributed by atoms with Gasteiger partial charge in [0.05, 0.1) is 21.9 Å². The van der Waals surface area contributed by atoms with E-state index in [-0.39, 0.29) is 32.5 Å². The summed E-state index contributed by atoms with van der Waals surface area (Å²) in [5.74, 6) is -1.62. The molecule has 0 unspecified atom stereocenters. The molecule has 1 aliphatic heterocycles. The standard InChI is InChI=1S/C26H27N3O6S2/c1-3-35-26(32)21-17(2)22(24(31)27-19-9-5-4-6-10-19)36-25(21)28-23(30)18-11-13-20(14-12-18)37(33,34)29-15-7-8-16-29/h4-6,9-14H,3,7-8,15-16H2,1-2H3,(H,27,31)(H,28,30). The minimum atomic E-state index is -3.60. The summed E-state index contributed by atoms with van der Waals surface area (Å²) in [6.45, 7) is 4.38. The Morgan fingerprint density at radius 2 is 1.59 bits per heavy atom. The molecule has 194 valence electrons. The second kappa shape index (κ2) is 11.2. The van der Waals surface area contributed by atoms with Crippen LogP contribution < -0.4 is 10.6 Å². The predicted molar refractivity (Wildman–Crippen MR) is 142 cm³/mol. The average molecular weight is 542 g/mol. The Hall–Kier alpha value is -3.54. The zero-order chi connectivity index (χ0) is 26.6. The molecular weight excluding hydrogens is 514 g/mol. The molecule has 1 aromatic heterocycles. The summed E-state index contributed by atoms with van der Waals surface area (Å²) in [6.07, 6.45) is 1.65. The number of hydrogen-bond donors (Lipinski definition) is 2. The fourth-order valence-electron chi connectivity index (χ4n) is 4.01. The first-order valence-electron chi connectivity index (χ1n) is 11.8. The quantitative estimate of drug-likeness (QED) is 0.405. The molecule has 2 N–H and O–H groups in total. The number of amides is 2. The number of esters is 1. The van der Waals surface area contributed by atoms with Gasteiger partial charge in [-0.25, -0.2) is 13.2 Å². The van der Waals surface area contributed by atoms with E-state index in [1.807, 2.05) is 6.07 Å². The van der Waals surface area contributed by atoms with Gasteiger partial charge in [0.1, 0.15) is 5.00 Å². The molecule has 37 heavy (non-hydrogen) atoms. The Labute approximate surface area is 219 Å². The highest BCUT2D eigenvalue weighted by atomic mass is 32.2. The van der Waals surface area contributed by atoms with E-state index in [1.54, 1.807) is 38.1 Å². The molecule has 11 heteroatoms. The molecule has 0 spiro atoms. The van der Waals surface area contributed by atoms with Gasteiger partial charge < -0.3 is 15.4 Å². The molecule has 3 aromatic rings. The van der Waals surface area contributed by atoms with Gasteiger partial charge in [-0.2, -0.15) is 4.31 Å². The van der Waals surface area contributed by atoms with E-state index in [4.69, 9.17) is 4.74 Å². The van der Waals surface area contributed by atoms with E-state index >= 15 is 0 Å². The van der Waals surface area contributed by atoms with Gasteiger partial charge in [0.15, 0.2) is 0 Å². The normalized spacial score (nSPS) is 13.8. The number of ether oxygens (including phenoxy) is 1. The molecule has 0 bridgehead atoms. The largest absolute Gasteiger partial charge is 0.462 e. The molecule has 0 saturated carbocycles. The van der Waals surface area contributed by atoms with E-state index in [0.29, 0.717) is 24.3 Å². The van der Waals surface area contributed by atoms with Gasteiger partial charge in [-0.1, -0.05) is 18.2 Å². The monoisotopic (exact) mass is 541 g/mol. The minimum absolute atomic E-state index is 0.103. The molecule has 2 heterocycles. The Balaban J connectivity index is 1.58. The maximum absolute atomic E-state index is 13.0. The summed E-state index contributed by atoms with van der Waals surface area (Å²) in [6, 6.07) is 14.5. The van der Waals surface area contributed by atoms with E-state index < -0.39 is 27.8 Å². The van der Waals surface area contributed by atoms with Gasteiger partial charge in [-0.05, 0) is 68.7 Å². The summed E-state index contributed by atoms with van der Waals surface area (Å²) in [5.41, 5.74) is 1.29. The van der Waals surface area contributed by atoms with Crippen molar-refractivity contribution in [2.75, 3.05) is 30.3 Å². The third kappa shape index (κ3) is 5.74. The number of anilines is 2. The SMILES string of the molecule is CCOC(=O)c1c(NC(=O)c2ccc(S(=O)(=O)N3CCCC3)cc2)sc(C(=O)Nc2ccccc2)c1C. The van der Waals surface area contributed by atoms with Crippen LogP contribution in [-0.4, -0.2) is 50.2 Å². The summed E-state index contributed by atoms with van der Waals surface area (Å²) >= 11 is 0.968. The van der Waals surface area contributed by atoms with Crippen molar-refractivity contribution in [2.45, 2.75) is 31.6 Å². The van der Waals surface area contributed by atoms with Crippen molar-refractivity contribution < 1.29 is 27.5 Å². The predicted octanol–water partition coefficient (Wildman–Crippen LogP) is 4.52. The van der Waals surface area contributed by atoms with Crippen LogP contribution in [0.3, 0.4) is 0 Å². The number of carbonyl (C=O) groups excluding carboxylic acids is 3. The van der Waals surface area contributed by atoms with Crippen molar-refractivity contribution in [3.05, 3.63) is 76.2 Å². The van der Waals surface area contributed by atoms with E-state index in [2.05, 4.69) is 10.6 Å². The second-order valence-corrected chi connectivity index (χ2v) is 11.3. The number of nitrogens with zero attached hydrogens (tertiary/aromatic N) is 1. The van der Waals surface area contributed by atoms with Crippen LogP contribution in [0.4, 0.5) is 10.7 Å². The maximum Gasteiger partial charge on any atom is 0.341 e. The summed E-state index contributed by atoms with van der Waals surface area (Å²) in [7, 11) is -3.60. The molecular formula is C26H27N3O6S2. The fraction of sp³-hybridized carbons (Fsp3) is 0.269. The highest BCUT2D eigenvalue weighted by Crippen LogP contribution is 2.35. The lowest BCUT2D eigenvalue weighted by Crippen LogP contribution is -2.27. The number of rotatable bonds is 8. The average Bonchev–Trinajstić information content (AvgIpc) is 3.54. The number of para-hydroxylation sites is 1. The zero-order valence-corrected chi connectivity index (χ0v) is 22.1. The highest BCUT2D eigenvalue weighted by Gasteiger charge is 2.29. The topological polar surface area (TPSA) is 122 Å². The number of sulfonamides is 1. The molecule has 4 rings (SSSR count). The smallest absolute Gasteiger partial charge is 0.341 e.